The molecule has 0 spiro atoms. The van der Waals surface area contributed by atoms with Gasteiger partial charge in [-0.3, -0.25) is 4.79 Å². The lowest BCUT2D eigenvalue weighted by Crippen LogP contribution is -2.64. The Kier molecular flexibility index (Phi) is 5.49. The van der Waals surface area contributed by atoms with Crippen LogP contribution < -0.4 is 4.74 Å². The number of carbonyl (C=O) groups is 1. The summed E-state index contributed by atoms with van der Waals surface area (Å²) in [5.74, 6) is 0.474. The molecule has 2 bridgehead atoms. The van der Waals surface area contributed by atoms with E-state index in [2.05, 4.69) is 27.1 Å². The molecule has 0 N–H and O–H groups in total. The van der Waals surface area contributed by atoms with Gasteiger partial charge in [-0.1, -0.05) is 6.92 Å². The van der Waals surface area contributed by atoms with Gasteiger partial charge in [-0.05, 0) is 49.8 Å². The second kappa shape index (κ2) is 8.37. The number of halogens is 3. The zero-order chi connectivity index (χ0) is 24.0. The Bertz CT molecular complexity index is 1180. The van der Waals surface area contributed by atoms with Crippen molar-refractivity contribution in [2.45, 2.75) is 44.9 Å². The van der Waals surface area contributed by atoms with Gasteiger partial charge in [-0.25, -0.2) is 9.97 Å². The Morgan fingerprint density at radius 2 is 1.88 bits per heavy atom. The molecule has 2 aliphatic heterocycles. The Morgan fingerprint density at radius 3 is 2.53 bits per heavy atom. The first-order valence-electron chi connectivity index (χ1n) is 11.1. The van der Waals surface area contributed by atoms with Crippen LogP contribution >= 0.6 is 0 Å². The second-order valence-corrected chi connectivity index (χ2v) is 8.86. The molecule has 1 saturated carbocycles. The van der Waals surface area contributed by atoms with E-state index in [1.54, 1.807) is 12.1 Å². The first-order valence-corrected chi connectivity index (χ1v) is 11.1. The molecule has 1 amide bonds. The van der Waals surface area contributed by atoms with E-state index >= 15 is 0 Å². The summed E-state index contributed by atoms with van der Waals surface area (Å²) in [5.41, 5.74) is 0.594. The molecule has 2 unspecified atom stereocenters. The van der Waals surface area contributed by atoms with Gasteiger partial charge in [0.1, 0.15) is 12.3 Å². The summed E-state index contributed by atoms with van der Waals surface area (Å²) in [6, 6.07) is 5.49. The number of piperidine rings is 2. The molecule has 3 aromatic rings. The maximum atomic E-state index is 13.8. The molecule has 3 fully saturated rings. The van der Waals surface area contributed by atoms with Gasteiger partial charge in [0.05, 0.1) is 24.0 Å². The Labute approximate surface area is 193 Å². The number of rotatable bonds is 5. The number of hydrogen-bond acceptors (Lipinski definition) is 6. The van der Waals surface area contributed by atoms with Crippen molar-refractivity contribution >= 4 is 5.91 Å². The van der Waals surface area contributed by atoms with E-state index in [0.29, 0.717) is 17.3 Å². The quantitative estimate of drug-likeness (QED) is 0.563. The number of hydrogen-bond donors (Lipinski definition) is 0. The maximum absolute atomic E-state index is 13.8. The summed E-state index contributed by atoms with van der Waals surface area (Å²) in [6.07, 6.45) is 1.16. The smallest absolute Gasteiger partial charge is 0.417 e. The number of carbonyl (C=O) groups excluding carboxylic acids is 1. The van der Waals surface area contributed by atoms with Crippen molar-refractivity contribution in [3.05, 3.63) is 59.8 Å². The van der Waals surface area contributed by atoms with E-state index in [4.69, 9.17) is 4.74 Å². The summed E-state index contributed by atoms with van der Waals surface area (Å²) in [7, 11) is 0. The van der Waals surface area contributed by atoms with Crippen LogP contribution in [0.25, 0.3) is 5.69 Å². The van der Waals surface area contributed by atoms with Crippen molar-refractivity contribution in [1.29, 1.82) is 0 Å². The fraction of sp³-hybridized carbons (Fsp3) is 0.435. The van der Waals surface area contributed by atoms with Gasteiger partial charge in [0, 0.05) is 24.0 Å². The maximum Gasteiger partial charge on any atom is 0.417 e. The van der Waals surface area contributed by atoms with Gasteiger partial charge in [0.25, 0.3) is 5.91 Å². The van der Waals surface area contributed by atoms with Crippen molar-refractivity contribution in [1.82, 2.24) is 29.9 Å². The fourth-order valence-electron chi connectivity index (χ4n) is 4.81. The van der Waals surface area contributed by atoms with Crippen LogP contribution in [0.3, 0.4) is 0 Å². The molecular weight excluding hydrogens is 449 g/mol. The molecule has 2 atom stereocenters. The van der Waals surface area contributed by atoms with Crippen molar-refractivity contribution in [3.8, 4) is 11.6 Å². The van der Waals surface area contributed by atoms with Crippen LogP contribution in [0, 0.1) is 18.8 Å². The summed E-state index contributed by atoms with van der Waals surface area (Å²) >= 11 is 0. The molecule has 3 aliphatic rings. The predicted molar refractivity (Wildman–Crippen MR) is 114 cm³/mol. The Balaban J connectivity index is 1.40. The number of pyridine rings is 2. The van der Waals surface area contributed by atoms with Crippen LogP contribution in [0.2, 0.25) is 0 Å². The molecule has 2 saturated heterocycles. The average molecular weight is 472 g/mol. The van der Waals surface area contributed by atoms with Crippen molar-refractivity contribution in [2.24, 2.45) is 11.8 Å². The second-order valence-electron chi connectivity index (χ2n) is 8.86. The van der Waals surface area contributed by atoms with Gasteiger partial charge in [0.2, 0.25) is 5.88 Å². The fourth-order valence-corrected chi connectivity index (χ4v) is 4.81. The van der Waals surface area contributed by atoms with Gasteiger partial charge in [-0.15, -0.1) is 4.80 Å². The van der Waals surface area contributed by atoms with E-state index in [1.807, 2.05) is 11.8 Å². The minimum atomic E-state index is -4.46. The van der Waals surface area contributed by atoms with Crippen molar-refractivity contribution < 1.29 is 22.7 Å². The first-order chi connectivity index (χ1) is 16.2. The Hall–Kier alpha value is -3.50. The minimum absolute atomic E-state index is 0.0589. The standard InChI is InChI=1S/C23H23F3N6O2/c1-13-3-5-18(32-28-7-8-29-32)21(30-13)22(33)31-17-9-15(10-17)14(2)19(31)12-34-20-6-4-16(11-27-20)23(24,25)26/h3-8,11,14-15,17,19H,9-10,12H2,1-2H3. The van der Waals surface area contributed by atoms with Gasteiger partial charge < -0.3 is 9.64 Å². The molecule has 0 radical (unpaired) electrons. The van der Waals surface area contributed by atoms with Crippen LogP contribution in [0.4, 0.5) is 13.2 Å². The third-order valence-corrected chi connectivity index (χ3v) is 6.80. The normalized spacial score (nSPS) is 24.0. The number of nitrogens with zero attached hydrogens (tertiary/aromatic N) is 6. The molecule has 34 heavy (non-hydrogen) atoms. The molecule has 6 rings (SSSR count). The lowest BCUT2D eigenvalue weighted by Gasteiger charge is -2.57. The summed E-state index contributed by atoms with van der Waals surface area (Å²) in [6.45, 7) is 4.01. The van der Waals surface area contributed by atoms with Crippen LogP contribution in [-0.4, -0.2) is 54.5 Å². The van der Waals surface area contributed by atoms with E-state index < -0.39 is 11.7 Å². The minimum Gasteiger partial charge on any atom is -0.475 e. The van der Waals surface area contributed by atoms with E-state index in [1.165, 1.54) is 23.3 Å². The lowest BCUT2D eigenvalue weighted by molar-refractivity contribution is -0.137. The highest BCUT2D eigenvalue weighted by molar-refractivity contribution is 5.96. The van der Waals surface area contributed by atoms with Crippen molar-refractivity contribution in [2.75, 3.05) is 6.61 Å². The topological polar surface area (TPSA) is 86.0 Å². The van der Waals surface area contributed by atoms with Gasteiger partial charge in [0.15, 0.2) is 5.69 Å². The zero-order valence-corrected chi connectivity index (χ0v) is 18.6. The zero-order valence-electron chi connectivity index (χ0n) is 18.6. The molecule has 3 aromatic heterocycles. The van der Waals surface area contributed by atoms with E-state index in [-0.39, 0.29) is 42.1 Å². The highest BCUT2D eigenvalue weighted by Crippen LogP contribution is 2.47. The molecule has 1 aliphatic carbocycles. The number of fused-ring (bicyclic) bond motifs is 2. The number of aromatic nitrogens is 5. The van der Waals surface area contributed by atoms with E-state index in [9.17, 15) is 18.0 Å². The first kappa shape index (κ1) is 22.3. The van der Waals surface area contributed by atoms with Crippen LogP contribution in [0.5, 0.6) is 5.88 Å². The molecule has 5 heterocycles. The number of ether oxygens (including phenoxy) is 1. The van der Waals surface area contributed by atoms with Crippen LogP contribution in [0.1, 0.15) is 41.5 Å². The Morgan fingerprint density at radius 1 is 1.15 bits per heavy atom. The predicted octanol–water partition coefficient (Wildman–Crippen LogP) is 3.70. The molecular formula is C23H23F3N6O2. The molecule has 11 heteroatoms. The van der Waals surface area contributed by atoms with Gasteiger partial charge in [-0.2, -0.15) is 23.4 Å². The van der Waals surface area contributed by atoms with Crippen LogP contribution in [0.15, 0.2) is 42.9 Å². The third-order valence-electron chi connectivity index (χ3n) is 6.80. The highest BCUT2D eigenvalue weighted by Gasteiger charge is 2.51. The SMILES string of the molecule is Cc1ccc(-n2nccn2)c(C(=O)N2C3CC(C3)C(C)C2COc2ccc(C(F)(F)F)cn2)n1. The number of alkyl halides is 3. The summed E-state index contributed by atoms with van der Waals surface area (Å²) < 4.78 is 44.2. The third kappa shape index (κ3) is 3.99. The summed E-state index contributed by atoms with van der Waals surface area (Å²) in [5, 5.41) is 8.30. The number of amides is 1. The molecule has 8 nitrogen and oxygen atoms in total. The van der Waals surface area contributed by atoms with Gasteiger partial charge >= 0.3 is 6.18 Å². The van der Waals surface area contributed by atoms with Crippen molar-refractivity contribution in [3.63, 3.8) is 0 Å². The highest BCUT2D eigenvalue weighted by atomic mass is 19.4. The monoisotopic (exact) mass is 472 g/mol. The average Bonchev–Trinajstić information content (AvgIpc) is 3.31. The summed E-state index contributed by atoms with van der Waals surface area (Å²) in [4.78, 5) is 25.3. The molecule has 178 valence electrons. The number of aryl methyl sites for hydroxylation is 1. The van der Waals surface area contributed by atoms with E-state index in [0.717, 1.165) is 25.1 Å². The molecule has 0 aromatic carbocycles. The lowest BCUT2D eigenvalue weighted by atomic mass is 9.64. The largest absolute Gasteiger partial charge is 0.475 e. The van der Waals surface area contributed by atoms with Crippen LogP contribution in [-0.2, 0) is 6.18 Å².